The largest absolute Gasteiger partial charge is 0.489 e. The van der Waals surface area contributed by atoms with Gasteiger partial charge in [-0.1, -0.05) is 17.7 Å². The Bertz CT molecular complexity index is 669. The van der Waals surface area contributed by atoms with Crippen LogP contribution in [0.2, 0.25) is 5.02 Å². The predicted octanol–water partition coefficient (Wildman–Crippen LogP) is 4.70. The van der Waals surface area contributed by atoms with Crippen molar-refractivity contribution in [2.75, 3.05) is 10.6 Å². The Morgan fingerprint density at radius 3 is 2.35 bits per heavy atom. The Morgan fingerprint density at radius 2 is 1.78 bits per heavy atom. The summed E-state index contributed by atoms with van der Waals surface area (Å²) in [7, 11) is 0. The molecule has 0 fully saturated rings. The molecule has 0 atom stereocenters. The molecule has 2 N–H and O–H groups in total. The molecule has 0 aliphatic heterocycles. The van der Waals surface area contributed by atoms with E-state index in [0.29, 0.717) is 17.3 Å². The Morgan fingerprint density at radius 1 is 1.13 bits per heavy atom. The van der Waals surface area contributed by atoms with E-state index in [2.05, 4.69) is 10.6 Å². The fraction of sp³-hybridized carbons (Fsp3) is 0.278. The number of amides is 1. The fourth-order valence-corrected chi connectivity index (χ4v) is 2.33. The first-order valence-corrected chi connectivity index (χ1v) is 7.88. The minimum Gasteiger partial charge on any atom is -0.489 e. The Kier molecular flexibility index (Phi) is 5.88. The van der Waals surface area contributed by atoms with Crippen LogP contribution in [0.4, 0.5) is 11.4 Å². The van der Waals surface area contributed by atoms with Gasteiger partial charge in [-0.3, -0.25) is 4.79 Å². The molecule has 0 aromatic heterocycles. The normalized spacial score (nSPS) is 10.5. The van der Waals surface area contributed by atoms with Gasteiger partial charge in [0.1, 0.15) is 5.75 Å². The van der Waals surface area contributed by atoms with E-state index < -0.39 is 0 Å². The van der Waals surface area contributed by atoms with Gasteiger partial charge in [0.15, 0.2) is 0 Å². The molecule has 0 saturated heterocycles. The molecule has 4 nitrogen and oxygen atoms in total. The van der Waals surface area contributed by atoms with Crippen molar-refractivity contribution in [1.82, 2.24) is 0 Å². The number of rotatable bonds is 6. The number of halogens is 1. The van der Waals surface area contributed by atoms with Gasteiger partial charge in [0.05, 0.1) is 11.1 Å². The van der Waals surface area contributed by atoms with Crippen LogP contribution in [0.25, 0.3) is 0 Å². The molecule has 0 aliphatic carbocycles. The lowest BCUT2D eigenvalue weighted by molar-refractivity contribution is -0.114. The third-order valence-corrected chi connectivity index (χ3v) is 3.36. The third kappa shape index (κ3) is 5.49. The molecule has 0 unspecified atom stereocenters. The van der Waals surface area contributed by atoms with Gasteiger partial charge < -0.3 is 15.4 Å². The van der Waals surface area contributed by atoms with Crippen molar-refractivity contribution in [1.29, 1.82) is 0 Å². The second kappa shape index (κ2) is 7.88. The molecular weight excluding hydrogens is 312 g/mol. The van der Waals surface area contributed by atoms with Crippen LogP contribution in [-0.4, -0.2) is 12.0 Å². The van der Waals surface area contributed by atoms with Crippen molar-refractivity contribution in [3.63, 3.8) is 0 Å². The smallest absolute Gasteiger partial charge is 0.221 e. The van der Waals surface area contributed by atoms with Crippen molar-refractivity contribution in [2.24, 2.45) is 0 Å². The average molecular weight is 333 g/mol. The van der Waals surface area contributed by atoms with Crippen LogP contribution in [-0.2, 0) is 11.3 Å². The zero-order valence-electron chi connectivity index (χ0n) is 13.5. The van der Waals surface area contributed by atoms with Crippen LogP contribution in [0, 0.1) is 0 Å². The van der Waals surface area contributed by atoms with Crippen LogP contribution in [0.3, 0.4) is 0 Å². The second-order valence-electron chi connectivity index (χ2n) is 5.54. The molecule has 122 valence electrons. The predicted molar refractivity (Wildman–Crippen MR) is 95.3 cm³/mol. The molecule has 0 bridgehead atoms. The van der Waals surface area contributed by atoms with Crippen molar-refractivity contribution in [3.8, 4) is 5.75 Å². The lowest BCUT2D eigenvalue weighted by Gasteiger charge is -2.13. The fourth-order valence-electron chi connectivity index (χ4n) is 2.08. The van der Waals surface area contributed by atoms with E-state index in [-0.39, 0.29) is 12.0 Å². The van der Waals surface area contributed by atoms with Gasteiger partial charge in [-0.2, -0.15) is 0 Å². The molecule has 1 amide bonds. The minimum absolute atomic E-state index is 0.0796. The zero-order chi connectivity index (χ0) is 16.8. The van der Waals surface area contributed by atoms with E-state index in [1.807, 2.05) is 56.3 Å². The number of hydrogen-bond donors (Lipinski definition) is 2. The molecule has 2 aromatic rings. The van der Waals surface area contributed by atoms with Gasteiger partial charge in [-0.25, -0.2) is 0 Å². The Hall–Kier alpha value is -2.20. The second-order valence-corrected chi connectivity index (χ2v) is 5.95. The summed E-state index contributed by atoms with van der Waals surface area (Å²) in [6.07, 6.45) is 0.0959. The van der Waals surface area contributed by atoms with E-state index >= 15 is 0 Å². The zero-order valence-corrected chi connectivity index (χ0v) is 14.3. The first-order chi connectivity index (χ1) is 10.9. The average Bonchev–Trinajstić information content (AvgIpc) is 2.48. The molecule has 2 aromatic carbocycles. The lowest BCUT2D eigenvalue weighted by atomic mass is 10.2. The van der Waals surface area contributed by atoms with Gasteiger partial charge in [0, 0.05) is 24.8 Å². The SMILES string of the molecule is CC(=O)Nc1ccc(NCc2ccc(OC(C)C)c(Cl)c2)cc1. The highest BCUT2D eigenvalue weighted by molar-refractivity contribution is 6.32. The maximum absolute atomic E-state index is 11.0. The molecule has 0 radical (unpaired) electrons. The molecule has 0 heterocycles. The molecule has 5 heteroatoms. The standard InChI is InChI=1S/C18H21ClN2O2/c1-12(2)23-18-9-4-14(10-17(18)19)11-20-15-5-7-16(8-6-15)21-13(3)22/h4-10,12,20H,11H2,1-3H3,(H,21,22). The van der Waals surface area contributed by atoms with E-state index in [9.17, 15) is 4.79 Å². The van der Waals surface area contributed by atoms with Gasteiger partial charge >= 0.3 is 0 Å². The number of nitrogens with one attached hydrogen (secondary N) is 2. The van der Waals surface area contributed by atoms with E-state index in [1.165, 1.54) is 6.92 Å². The number of carbonyl (C=O) groups is 1. The number of anilines is 2. The monoisotopic (exact) mass is 332 g/mol. The molecule has 0 saturated carbocycles. The molecule has 2 rings (SSSR count). The lowest BCUT2D eigenvalue weighted by Crippen LogP contribution is -2.07. The summed E-state index contributed by atoms with van der Waals surface area (Å²) in [4.78, 5) is 11.0. The number of benzene rings is 2. The topological polar surface area (TPSA) is 50.4 Å². The highest BCUT2D eigenvalue weighted by atomic mass is 35.5. The van der Waals surface area contributed by atoms with Crippen molar-refractivity contribution >= 4 is 28.9 Å². The quantitative estimate of drug-likeness (QED) is 0.806. The number of carbonyl (C=O) groups excluding carboxylic acids is 1. The van der Waals surface area contributed by atoms with Crippen LogP contribution >= 0.6 is 11.6 Å². The first kappa shape index (κ1) is 17.2. The highest BCUT2D eigenvalue weighted by Crippen LogP contribution is 2.26. The number of hydrogen-bond acceptors (Lipinski definition) is 3. The minimum atomic E-state index is -0.0796. The van der Waals surface area contributed by atoms with Crippen LogP contribution in [0.5, 0.6) is 5.75 Å². The van der Waals surface area contributed by atoms with Gasteiger partial charge in [-0.15, -0.1) is 0 Å². The highest BCUT2D eigenvalue weighted by Gasteiger charge is 2.05. The van der Waals surface area contributed by atoms with Gasteiger partial charge in [0.2, 0.25) is 5.91 Å². The van der Waals surface area contributed by atoms with Crippen molar-refractivity contribution in [3.05, 3.63) is 53.1 Å². The van der Waals surface area contributed by atoms with Crippen molar-refractivity contribution in [2.45, 2.75) is 33.4 Å². The molecule has 0 spiro atoms. The first-order valence-electron chi connectivity index (χ1n) is 7.50. The molecule has 23 heavy (non-hydrogen) atoms. The molecule has 0 aliphatic rings. The van der Waals surface area contributed by atoms with E-state index in [1.54, 1.807) is 0 Å². The summed E-state index contributed by atoms with van der Waals surface area (Å²) in [5.41, 5.74) is 2.82. The van der Waals surface area contributed by atoms with E-state index in [0.717, 1.165) is 16.9 Å². The number of ether oxygens (including phenoxy) is 1. The summed E-state index contributed by atoms with van der Waals surface area (Å²) in [6.45, 7) is 6.08. The summed E-state index contributed by atoms with van der Waals surface area (Å²) >= 11 is 6.23. The summed E-state index contributed by atoms with van der Waals surface area (Å²) in [5, 5.41) is 6.66. The summed E-state index contributed by atoms with van der Waals surface area (Å²) in [6, 6.07) is 13.3. The van der Waals surface area contributed by atoms with Crippen LogP contribution in [0.1, 0.15) is 26.3 Å². The van der Waals surface area contributed by atoms with Crippen molar-refractivity contribution < 1.29 is 9.53 Å². The third-order valence-electron chi connectivity index (χ3n) is 3.06. The maximum atomic E-state index is 11.0. The van der Waals surface area contributed by atoms with Gasteiger partial charge in [-0.05, 0) is 55.8 Å². The van der Waals surface area contributed by atoms with E-state index in [4.69, 9.17) is 16.3 Å². The summed E-state index contributed by atoms with van der Waals surface area (Å²) in [5.74, 6) is 0.620. The maximum Gasteiger partial charge on any atom is 0.221 e. The summed E-state index contributed by atoms with van der Waals surface area (Å²) < 4.78 is 5.62. The van der Waals surface area contributed by atoms with Crippen LogP contribution < -0.4 is 15.4 Å². The Labute approximate surface area is 141 Å². The van der Waals surface area contributed by atoms with Crippen LogP contribution in [0.15, 0.2) is 42.5 Å². The van der Waals surface area contributed by atoms with Gasteiger partial charge in [0.25, 0.3) is 0 Å². The molecular formula is C18H21ClN2O2. The Balaban J connectivity index is 1.95.